The van der Waals surface area contributed by atoms with Gasteiger partial charge in [-0.15, -0.1) is 0 Å². The number of rotatable bonds is 1. The molecule has 0 saturated heterocycles. The fraction of sp³-hybridized carbons (Fsp3) is 0.333. The second-order valence-electron chi connectivity index (χ2n) is 3.30. The third kappa shape index (κ3) is 1.17. The van der Waals surface area contributed by atoms with Crippen molar-refractivity contribution >= 4 is 5.82 Å². The second kappa shape index (κ2) is 2.87. The Hall–Kier alpha value is -1.78. The van der Waals surface area contributed by atoms with Gasteiger partial charge in [-0.25, -0.2) is 4.98 Å². The Morgan fingerprint density at radius 2 is 2.14 bits per heavy atom. The van der Waals surface area contributed by atoms with Crippen LogP contribution < -0.4 is 5.73 Å². The molecule has 2 aromatic rings. The Kier molecular flexibility index (Phi) is 1.80. The molecule has 0 bridgehead atoms. The zero-order chi connectivity index (χ0) is 10.3. The lowest BCUT2D eigenvalue weighted by molar-refractivity contribution is 0.393. The Bertz CT molecular complexity index is 450. The number of aryl methyl sites for hydroxylation is 3. The lowest BCUT2D eigenvalue weighted by Gasteiger charge is -1.98. The van der Waals surface area contributed by atoms with Crippen molar-refractivity contribution in [2.24, 2.45) is 7.05 Å². The number of anilines is 1. The first-order valence-electron chi connectivity index (χ1n) is 4.31. The molecule has 0 aliphatic carbocycles. The molecule has 74 valence electrons. The highest BCUT2D eigenvalue weighted by atomic mass is 16.5. The van der Waals surface area contributed by atoms with Gasteiger partial charge in [0.15, 0.2) is 0 Å². The second-order valence-corrected chi connectivity index (χ2v) is 3.30. The number of hydrogen-bond acceptors (Lipinski definition) is 4. The third-order valence-corrected chi connectivity index (χ3v) is 2.15. The minimum atomic E-state index is 0.502. The standard InChI is InChI=1S/C9H12N4O/c1-5-8(6(2)14-12-5)9-11-7(10)4-13(9)3/h4H,10H2,1-3H3. The molecule has 5 nitrogen and oxygen atoms in total. The molecule has 0 unspecified atom stereocenters. The summed E-state index contributed by atoms with van der Waals surface area (Å²) in [6, 6.07) is 0. The topological polar surface area (TPSA) is 69.9 Å². The molecular weight excluding hydrogens is 180 g/mol. The maximum atomic E-state index is 5.60. The van der Waals surface area contributed by atoms with Gasteiger partial charge in [-0.3, -0.25) is 0 Å². The molecule has 0 radical (unpaired) electrons. The SMILES string of the molecule is Cc1noc(C)c1-c1nc(N)cn1C. The van der Waals surface area contributed by atoms with Gasteiger partial charge in [0, 0.05) is 13.2 Å². The first-order valence-corrected chi connectivity index (χ1v) is 4.31. The molecule has 2 N–H and O–H groups in total. The minimum Gasteiger partial charge on any atom is -0.382 e. The first-order chi connectivity index (χ1) is 6.59. The van der Waals surface area contributed by atoms with E-state index in [4.69, 9.17) is 10.3 Å². The molecule has 0 atom stereocenters. The quantitative estimate of drug-likeness (QED) is 0.738. The maximum absolute atomic E-state index is 5.60. The van der Waals surface area contributed by atoms with Crippen LogP contribution in [0.5, 0.6) is 0 Å². The molecule has 0 aliphatic heterocycles. The van der Waals surface area contributed by atoms with Crippen molar-refractivity contribution in [1.29, 1.82) is 0 Å². The van der Waals surface area contributed by atoms with Crippen LogP contribution >= 0.6 is 0 Å². The van der Waals surface area contributed by atoms with Gasteiger partial charge in [0.1, 0.15) is 17.4 Å². The number of nitrogens with zero attached hydrogens (tertiary/aromatic N) is 3. The van der Waals surface area contributed by atoms with Crippen LogP contribution in [0.3, 0.4) is 0 Å². The highest BCUT2D eigenvalue weighted by molar-refractivity contribution is 5.62. The van der Waals surface area contributed by atoms with Gasteiger partial charge in [-0.2, -0.15) is 0 Å². The van der Waals surface area contributed by atoms with Crippen molar-refractivity contribution in [2.75, 3.05) is 5.73 Å². The highest BCUT2D eigenvalue weighted by Gasteiger charge is 2.16. The van der Waals surface area contributed by atoms with Gasteiger partial charge in [0.2, 0.25) is 0 Å². The maximum Gasteiger partial charge on any atom is 0.147 e. The van der Waals surface area contributed by atoms with E-state index in [1.165, 1.54) is 0 Å². The van der Waals surface area contributed by atoms with Crippen molar-refractivity contribution in [3.63, 3.8) is 0 Å². The van der Waals surface area contributed by atoms with Crippen molar-refractivity contribution in [3.8, 4) is 11.4 Å². The fourth-order valence-electron chi connectivity index (χ4n) is 1.52. The van der Waals surface area contributed by atoms with E-state index in [2.05, 4.69) is 10.1 Å². The molecule has 14 heavy (non-hydrogen) atoms. The summed E-state index contributed by atoms with van der Waals surface area (Å²) in [5.74, 6) is 2.05. The molecule has 0 fully saturated rings. The Labute approximate surface area is 81.5 Å². The van der Waals surface area contributed by atoms with Crippen LogP contribution in [-0.2, 0) is 7.05 Å². The van der Waals surface area contributed by atoms with Crippen LogP contribution in [0.25, 0.3) is 11.4 Å². The molecular formula is C9H12N4O. The summed E-state index contributed by atoms with van der Waals surface area (Å²) in [4.78, 5) is 4.22. The van der Waals surface area contributed by atoms with E-state index in [9.17, 15) is 0 Å². The normalized spacial score (nSPS) is 10.8. The highest BCUT2D eigenvalue weighted by Crippen LogP contribution is 2.25. The number of nitrogens with two attached hydrogens (primary N) is 1. The third-order valence-electron chi connectivity index (χ3n) is 2.15. The van der Waals surface area contributed by atoms with E-state index in [0.717, 1.165) is 22.8 Å². The molecule has 0 aromatic carbocycles. The van der Waals surface area contributed by atoms with E-state index in [-0.39, 0.29) is 0 Å². The number of imidazole rings is 1. The lowest BCUT2D eigenvalue weighted by Crippen LogP contribution is -1.93. The predicted octanol–water partition coefficient (Wildman–Crippen LogP) is 1.27. The average Bonchev–Trinajstić information content (AvgIpc) is 2.57. The molecule has 0 spiro atoms. The molecule has 0 saturated carbocycles. The average molecular weight is 192 g/mol. The molecule has 2 heterocycles. The van der Waals surface area contributed by atoms with Crippen molar-refractivity contribution < 1.29 is 4.52 Å². The molecule has 5 heteroatoms. The number of aromatic nitrogens is 3. The summed E-state index contributed by atoms with van der Waals surface area (Å²) in [7, 11) is 1.89. The molecule has 2 rings (SSSR count). The van der Waals surface area contributed by atoms with E-state index < -0.39 is 0 Å². The summed E-state index contributed by atoms with van der Waals surface area (Å²) in [5, 5.41) is 3.87. The summed E-state index contributed by atoms with van der Waals surface area (Å²) in [5.41, 5.74) is 7.35. The van der Waals surface area contributed by atoms with Gasteiger partial charge < -0.3 is 14.8 Å². The summed E-state index contributed by atoms with van der Waals surface area (Å²) >= 11 is 0. The van der Waals surface area contributed by atoms with E-state index in [1.54, 1.807) is 6.20 Å². The van der Waals surface area contributed by atoms with Crippen LogP contribution in [0.1, 0.15) is 11.5 Å². The van der Waals surface area contributed by atoms with Gasteiger partial charge in [-0.05, 0) is 13.8 Å². The minimum absolute atomic E-state index is 0.502. The van der Waals surface area contributed by atoms with E-state index in [0.29, 0.717) is 5.82 Å². The van der Waals surface area contributed by atoms with E-state index in [1.807, 2.05) is 25.5 Å². The van der Waals surface area contributed by atoms with Crippen LogP contribution in [0.15, 0.2) is 10.7 Å². The molecule has 0 aliphatic rings. The van der Waals surface area contributed by atoms with Crippen LogP contribution in [0.2, 0.25) is 0 Å². The Balaban J connectivity index is 2.65. The summed E-state index contributed by atoms with van der Waals surface area (Å²) in [6.07, 6.45) is 1.77. The van der Waals surface area contributed by atoms with Crippen molar-refractivity contribution in [2.45, 2.75) is 13.8 Å². The fourth-order valence-corrected chi connectivity index (χ4v) is 1.52. The summed E-state index contributed by atoms with van der Waals surface area (Å²) < 4.78 is 6.93. The lowest BCUT2D eigenvalue weighted by atomic mass is 10.2. The zero-order valence-corrected chi connectivity index (χ0v) is 8.40. The first kappa shape index (κ1) is 8.80. The largest absolute Gasteiger partial charge is 0.382 e. The summed E-state index contributed by atoms with van der Waals surface area (Å²) in [6.45, 7) is 3.75. The molecule has 0 amide bonds. The van der Waals surface area contributed by atoms with Crippen molar-refractivity contribution in [1.82, 2.24) is 14.7 Å². The van der Waals surface area contributed by atoms with Gasteiger partial charge in [0.05, 0.1) is 11.3 Å². The van der Waals surface area contributed by atoms with Gasteiger partial charge >= 0.3 is 0 Å². The van der Waals surface area contributed by atoms with Crippen LogP contribution in [-0.4, -0.2) is 14.7 Å². The van der Waals surface area contributed by atoms with Crippen LogP contribution in [0, 0.1) is 13.8 Å². The monoisotopic (exact) mass is 192 g/mol. The Morgan fingerprint density at radius 3 is 2.57 bits per heavy atom. The van der Waals surface area contributed by atoms with Gasteiger partial charge in [-0.1, -0.05) is 5.16 Å². The number of hydrogen-bond donors (Lipinski definition) is 1. The zero-order valence-electron chi connectivity index (χ0n) is 8.40. The Morgan fingerprint density at radius 1 is 1.43 bits per heavy atom. The number of nitrogen functional groups attached to an aromatic ring is 1. The van der Waals surface area contributed by atoms with Gasteiger partial charge in [0.25, 0.3) is 0 Å². The smallest absolute Gasteiger partial charge is 0.147 e. The molecule has 2 aromatic heterocycles. The van der Waals surface area contributed by atoms with E-state index >= 15 is 0 Å². The predicted molar refractivity (Wildman–Crippen MR) is 52.6 cm³/mol. The van der Waals surface area contributed by atoms with Crippen LogP contribution in [0.4, 0.5) is 5.82 Å². The van der Waals surface area contributed by atoms with Crippen molar-refractivity contribution in [3.05, 3.63) is 17.7 Å².